The third-order valence-electron chi connectivity index (χ3n) is 13.9. The third-order valence-corrected chi connectivity index (χ3v) is 15.8. The van der Waals surface area contributed by atoms with Gasteiger partial charge in [0.25, 0.3) is 0 Å². The van der Waals surface area contributed by atoms with Gasteiger partial charge in [-0.05, 0) is 25.7 Å². The predicted octanol–water partition coefficient (Wildman–Crippen LogP) is 16.4. The molecule has 0 radical (unpaired) electrons. The van der Waals surface area contributed by atoms with E-state index in [1.165, 1.54) is 109 Å². The molecule has 19 heteroatoms. The van der Waals surface area contributed by atoms with Crippen LogP contribution < -0.4 is 0 Å². The molecule has 3 N–H and O–H groups in total. The number of unbranched alkanes of at least 4 members (excludes halogenated alkanes) is 35. The Labute approximate surface area is 479 Å². The number of rotatable bonds is 61. The number of esters is 4. The zero-order chi connectivity index (χ0) is 58.3. The maximum Gasteiger partial charge on any atom is 0.472 e. The highest BCUT2D eigenvalue weighted by atomic mass is 31.2. The molecule has 0 amide bonds. The van der Waals surface area contributed by atoms with Crippen LogP contribution in [-0.2, 0) is 65.4 Å². The Bertz CT molecular complexity index is 1540. The lowest BCUT2D eigenvalue weighted by atomic mass is 10.0. The lowest BCUT2D eigenvalue weighted by Crippen LogP contribution is -2.30. The second kappa shape index (κ2) is 55.3. The molecule has 17 nitrogen and oxygen atoms in total. The molecule has 0 aromatic heterocycles. The maximum atomic E-state index is 12.9. The Hall–Kier alpha value is -1.94. The van der Waals surface area contributed by atoms with Gasteiger partial charge in [0.2, 0.25) is 0 Å². The van der Waals surface area contributed by atoms with Crippen LogP contribution in [-0.4, -0.2) is 96.7 Å². The Kier molecular flexibility index (Phi) is 53.9. The van der Waals surface area contributed by atoms with Gasteiger partial charge in [-0.25, -0.2) is 9.13 Å². The normalized spacial score (nSPS) is 14.3. The van der Waals surface area contributed by atoms with E-state index in [-0.39, 0.29) is 25.7 Å². The molecule has 2 unspecified atom stereocenters. The number of ether oxygens (including phenoxy) is 4. The van der Waals surface area contributed by atoms with E-state index in [2.05, 4.69) is 27.7 Å². The second-order valence-electron chi connectivity index (χ2n) is 21.7. The fraction of sp³-hybridized carbons (Fsp3) is 0.933. The second-order valence-corrected chi connectivity index (χ2v) is 24.6. The van der Waals surface area contributed by atoms with E-state index in [0.717, 1.165) is 116 Å². The number of aliphatic hydroxyl groups excluding tert-OH is 1. The summed E-state index contributed by atoms with van der Waals surface area (Å²) in [6.07, 6.45) is 39.7. The van der Waals surface area contributed by atoms with Crippen LogP contribution in [0.2, 0.25) is 0 Å². The summed E-state index contributed by atoms with van der Waals surface area (Å²) in [6.45, 7) is 4.71. The first-order valence-corrected chi connectivity index (χ1v) is 34.8. The first-order chi connectivity index (χ1) is 38.2. The van der Waals surface area contributed by atoms with Crippen LogP contribution in [0.1, 0.15) is 304 Å². The Morgan fingerprint density at radius 3 is 0.747 bits per heavy atom. The van der Waals surface area contributed by atoms with Crippen LogP contribution in [0.25, 0.3) is 0 Å². The highest BCUT2D eigenvalue weighted by Gasteiger charge is 2.30. The summed E-state index contributed by atoms with van der Waals surface area (Å²) in [6, 6.07) is 0. The van der Waals surface area contributed by atoms with Crippen molar-refractivity contribution in [1.29, 1.82) is 0 Å². The number of phosphoric ester groups is 2. The molecule has 468 valence electrons. The molecule has 0 heterocycles. The first kappa shape index (κ1) is 77.1. The predicted molar refractivity (Wildman–Crippen MR) is 312 cm³/mol. The lowest BCUT2D eigenvalue weighted by Gasteiger charge is -2.21. The van der Waals surface area contributed by atoms with Gasteiger partial charge < -0.3 is 33.8 Å². The van der Waals surface area contributed by atoms with E-state index in [9.17, 15) is 43.2 Å². The molecule has 0 rings (SSSR count). The number of carbonyl (C=O) groups excluding carboxylic acids is 4. The van der Waals surface area contributed by atoms with Gasteiger partial charge in [-0.3, -0.25) is 37.3 Å². The topological polar surface area (TPSA) is 237 Å². The summed E-state index contributed by atoms with van der Waals surface area (Å²) >= 11 is 0. The van der Waals surface area contributed by atoms with Crippen LogP contribution >= 0.6 is 15.6 Å². The third kappa shape index (κ3) is 55.0. The standard InChI is InChI=1S/C60H116O17P2/c1-5-9-13-17-20-22-23-24-25-26-27-28-29-30-31-32-35-39-43-47-60(65)77-56(51-71-58(63)45-41-37-34-21-18-14-10-6-2)53-75-79(68,69)73-49-54(61)48-72-78(66,67)74-52-55(50-70-57(62)44-40-36-16-12-8-4)76-59(64)46-42-38-33-19-15-11-7-3/h54-56,61H,5-53H2,1-4H3,(H,66,67)(H,68,69)/t54-,55+,56+/m0/s1. The summed E-state index contributed by atoms with van der Waals surface area (Å²) < 4.78 is 67.4. The molecule has 0 aliphatic carbocycles. The van der Waals surface area contributed by atoms with Crippen molar-refractivity contribution in [2.45, 2.75) is 322 Å². The minimum absolute atomic E-state index is 0.103. The van der Waals surface area contributed by atoms with Crippen molar-refractivity contribution in [2.24, 2.45) is 0 Å². The fourth-order valence-corrected chi connectivity index (χ4v) is 10.5. The van der Waals surface area contributed by atoms with Gasteiger partial charge in [0.15, 0.2) is 12.2 Å². The van der Waals surface area contributed by atoms with E-state index < -0.39 is 97.5 Å². The van der Waals surface area contributed by atoms with E-state index in [1.807, 2.05) is 0 Å². The van der Waals surface area contributed by atoms with Crippen molar-refractivity contribution < 1.29 is 80.2 Å². The summed E-state index contributed by atoms with van der Waals surface area (Å²) in [5, 5.41) is 10.5. The monoisotopic (exact) mass is 1170 g/mol. The van der Waals surface area contributed by atoms with Gasteiger partial charge >= 0.3 is 39.5 Å². The molecule has 0 aliphatic heterocycles. The molecule has 0 aromatic rings. The molecule has 0 saturated carbocycles. The quantitative estimate of drug-likeness (QED) is 0.0222. The molecular formula is C60H116O17P2. The van der Waals surface area contributed by atoms with Gasteiger partial charge in [-0.15, -0.1) is 0 Å². The molecule has 0 bridgehead atoms. The average molecular weight is 1170 g/mol. The van der Waals surface area contributed by atoms with E-state index in [1.54, 1.807) is 0 Å². The summed E-state index contributed by atoms with van der Waals surface area (Å²) in [4.78, 5) is 71.5. The maximum absolute atomic E-state index is 12.9. The van der Waals surface area contributed by atoms with Crippen molar-refractivity contribution in [1.82, 2.24) is 0 Å². The van der Waals surface area contributed by atoms with Crippen LogP contribution in [0.5, 0.6) is 0 Å². The fourth-order valence-electron chi connectivity index (χ4n) is 8.93. The van der Waals surface area contributed by atoms with Crippen molar-refractivity contribution >= 4 is 39.5 Å². The van der Waals surface area contributed by atoms with Crippen LogP contribution in [0.3, 0.4) is 0 Å². The van der Waals surface area contributed by atoms with Gasteiger partial charge in [0.05, 0.1) is 26.4 Å². The van der Waals surface area contributed by atoms with Crippen molar-refractivity contribution in [2.75, 3.05) is 39.6 Å². The average Bonchev–Trinajstić information content (AvgIpc) is 3.42. The zero-order valence-electron chi connectivity index (χ0n) is 50.3. The zero-order valence-corrected chi connectivity index (χ0v) is 52.1. The van der Waals surface area contributed by atoms with Gasteiger partial charge in [-0.2, -0.15) is 0 Å². The SMILES string of the molecule is CCCCCCCCCCCCCCCCCCCCCC(=O)O[C@H](COC(=O)CCCCCCCCCC)COP(=O)(O)OC[C@@H](O)COP(=O)(O)OC[C@@H](COC(=O)CCCCCCC)OC(=O)CCCCCCCCC. The summed E-state index contributed by atoms with van der Waals surface area (Å²) in [5.41, 5.74) is 0. The van der Waals surface area contributed by atoms with E-state index in [0.29, 0.717) is 25.7 Å². The van der Waals surface area contributed by atoms with Crippen molar-refractivity contribution in [3.63, 3.8) is 0 Å². The van der Waals surface area contributed by atoms with Gasteiger partial charge in [0.1, 0.15) is 19.3 Å². The first-order valence-electron chi connectivity index (χ1n) is 31.8. The molecule has 79 heavy (non-hydrogen) atoms. The molecule has 5 atom stereocenters. The summed E-state index contributed by atoms with van der Waals surface area (Å²) in [5.74, 6) is -2.16. The number of carbonyl (C=O) groups is 4. The van der Waals surface area contributed by atoms with Crippen LogP contribution in [0.15, 0.2) is 0 Å². The summed E-state index contributed by atoms with van der Waals surface area (Å²) in [7, 11) is -9.86. The van der Waals surface area contributed by atoms with Crippen LogP contribution in [0.4, 0.5) is 0 Å². The Morgan fingerprint density at radius 2 is 0.506 bits per heavy atom. The highest BCUT2D eigenvalue weighted by Crippen LogP contribution is 2.45. The van der Waals surface area contributed by atoms with E-state index in [4.69, 9.17) is 37.0 Å². The van der Waals surface area contributed by atoms with Crippen LogP contribution in [0, 0.1) is 0 Å². The number of aliphatic hydroxyl groups is 1. The minimum Gasteiger partial charge on any atom is -0.462 e. The molecule has 0 saturated heterocycles. The molecule has 0 aliphatic rings. The molecule has 0 spiro atoms. The largest absolute Gasteiger partial charge is 0.472 e. The molecule has 0 aromatic carbocycles. The molecular weight excluding hydrogens is 1050 g/mol. The van der Waals surface area contributed by atoms with E-state index >= 15 is 0 Å². The number of phosphoric acid groups is 2. The number of hydrogen-bond donors (Lipinski definition) is 3. The van der Waals surface area contributed by atoms with Gasteiger partial charge in [-0.1, -0.05) is 252 Å². The minimum atomic E-state index is -4.93. The Morgan fingerprint density at radius 1 is 0.304 bits per heavy atom. The molecule has 0 fully saturated rings. The van der Waals surface area contributed by atoms with Crippen molar-refractivity contribution in [3.8, 4) is 0 Å². The van der Waals surface area contributed by atoms with Gasteiger partial charge in [0, 0.05) is 25.7 Å². The lowest BCUT2D eigenvalue weighted by molar-refractivity contribution is -0.161. The smallest absolute Gasteiger partial charge is 0.462 e. The Balaban J connectivity index is 5.04. The number of hydrogen-bond acceptors (Lipinski definition) is 15. The van der Waals surface area contributed by atoms with Crippen molar-refractivity contribution in [3.05, 3.63) is 0 Å². The highest BCUT2D eigenvalue weighted by molar-refractivity contribution is 7.47.